The molecule has 24 heavy (non-hydrogen) atoms. The van der Waals surface area contributed by atoms with E-state index < -0.39 is 0 Å². The molecule has 2 aliphatic rings. The van der Waals surface area contributed by atoms with Gasteiger partial charge in [0.15, 0.2) is 0 Å². The van der Waals surface area contributed by atoms with E-state index in [9.17, 15) is 4.79 Å². The fraction of sp³-hybridized carbons (Fsp3) is 0.650. The van der Waals surface area contributed by atoms with Crippen molar-refractivity contribution in [3.8, 4) is 0 Å². The van der Waals surface area contributed by atoms with E-state index in [1.807, 2.05) is 6.07 Å². The van der Waals surface area contributed by atoms with Crippen LogP contribution in [-0.4, -0.2) is 55.0 Å². The molecule has 2 fully saturated rings. The van der Waals surface area contributed by atoms with Crippen molar-refractivity contribution in [2.45, 2.75) is 44.6 Å². The summed E-state index contributed by atoms with van der Waals surface area (Å²) in [6.45, 7) is 5.92. The number of benzene rings is 1. The Morgan fingerprint density at radius 3 is 2.08 bits per heavy atom. The molecule has 0 spiro atoms. The third-order valence-electron chi connectivity index (χ3n) is 5.24. The predicted octanol–water partition coefficient (Wildman–Crippen LogP) is 2.82. The van der Waals surface area contributed by atoms with Crippen LogP contribution < -0.4 is 5.32 Å². The van der Waals surface area contributed by atoms with E-state index in [2.05, 4.69) is 39.4 Å². The second-order valence-electron chi connectivity index (χ2n) is 7.23. The molecule has 132 valence electrons. The Balaban J connectivity index is 1.59. The lowest BCUT2D eigenvalue weighted by atomic mass is 10.0. The van der Waals surface area contributed by atoms with Gasteiger partial charge in [0, 0.05) is 6.54 Å². The van der Waals surface area contributed by atoms with Crippen LogP contribution in [0.4, 0.5) is 0 Å². The first-order valence-electron chi connectivity index (χ1n) is 9.60. The maximum atomic E-state index is 12.6. The van der Waals surface area contributed by atoms with Crippen molar-refractivity contribution < 1.29 is 4.79 Å². The SMILES string of the molecule is O=C(CN1CCCCC1)N[C@@H](CN1CCCCC1)c1ccccc1. The highest BCUT2D eigenvalue weighted by molar-refractivity contribution is 5.78. The van der Waals surface area contributed by atoms with E-state index in [0.717, 1.165) is 32.7 Å². The zero-order valence-electron chi connectivity index (χ0n) is 14.8. The lowest BCUT2D eigenvalue weighted by molar-refractivity contribution is -0.123. The standard InChI is InChI=1S/C20H31N3O/c24-20(17-23-14-8-3-9-15-23)21-19(18-10-4-1-5-11-18)16-22-12-6-2-7-13-22/h1,4-5,10-11,19H,2-3,6-9,12-17H2,(H,21,24)/t19-/m0/s1. The monoisotopic (exact) mass is 329 g/mol. The van der Waals surface area contributed by atoms with Gasteiger partial charge in [0.1, 0.15) is 0 Å². The van der Waals surface area contributed by atoms with E-state index in [0.29, 0.717) is 6.54 Å². The van der Waals surface area contributed by atoms with Crippen molar-refractivity contribution in [2.75, 3.05) is 39.3 Å². The molecule has 1 aromatic rings. The van der Waals surface area contributed by atoms with Crippen LogP contribution in [0.5, 0.6) is 0 Å². The molecule has 4 heteroatoms. The lowest BCUT2D eigenvalue weighted by Gasteiger charge is -2.32. The molecule has 2 heterocycles. The molecule has 1 amide bonds. The number of amides is 1. The first-order chi connectivity index (χ1) is 11.8. The lowest BCUT2D eigenvalue weighted by Crippen LogP contribution is -2.44. The smallest absolute Gasteiger partial charge is 0.234 e. The average Bonchev–Trinajstić information content (AvgIpc) is 2.63. The molecule has 1 atom stereocenters. The molecule has 0 radical (unpaired) electrons. The number of rotatable bonds is 6. The summed E-state index contributed by atoms with van der Waals surface area (Å²) < 4.78 is 0. The molecule has 3 rings (SSSR count). The molecule has 1 aromatic carbocycles. The number of nitrogens with one attached hydrogen (secondary N) is 1. The van der Waals surface area contributed by atoms with E-state index in [4.69, 9.17) is 0 Å². The van der Waals surface area contributed by atoms with Crippen LogP contribution in [-0.2, 0) is 4.79 Å². The van der Waals surface area contributed by atoms with Crippen molar-refractivity contribution in [3.63, 3.8) is 0 Å². The maximum absolute atomic E-state index is 12.6. The quantitative estimate of drug-likeness (QED) is 0.872. The van der Waals surface area contributed by atoms with Gasteiger partial charge < -0.3 is 10.2 Å². The third kappa shape index (κ3) is 5.32. The van der Waals surface area contributed by atoms with Crippen molar-refractivity contribution in [1.82, 2.24) is 15.1 Å². The van der Waals surface area contributed by atoms with Crippen molar-refractivity contribution in [3.05, 3.63) is 35.9 Å². The summed E-state index contributed by atoms with van der Waals surface area (Å²) in [4.78, 5) is 17.4. The molecule has 1 N–H and O–H groups in total. The third-order valence-corrected chi connectivity index (χ3v) is 5.24. The topological polar surface area (TPSA) is 35.6 Å². The summed E-state index contributed by atoms with van der Waals surface area (Å²) >= 11 is 0. The van der Waals surface area contributed by atoms with Crippen LogP contribution in [0.2, 0.25) is 0 Å². The number of hydrogen-bond donors (Lipinski definition) is 1. The van der Waals surface area contributed by atoms with E-state index >= 15 is 0 Å². The van der Waals surface area contributed by atoms with Gasteiger partial charge in [0.25, 0.3) is 0 Å². The van der Waals surface area contributed by atoms with Crippen LogP contribution in [0.25, 0.3) is 0 Å². The normalized spacial score (nSPS) is 21.3. The second kappa shape index (κ2) is 9.19. The van der Waals surface area contributed by atoms with Gasteiger partial charge in [0.2, 0.25) is 5.91 Å². The van der Waals surface area contributed by atoms with Crippen molar-refractivity contribution >= 4 is 5.91 Å². The minimum Gasteiger partial charge on any atom is -0.347 e. The summed E-state index contributed by atoms with van der Waals surface area (Å²) in [6, 6.07) is 10.5. The highest BCUT2D eigenvalue weighted by atomic mass is 16.2. The van der Waals surface area contributed by atoms with Crippen molar-refractivity contribution in [2.24, 2.45) is 0 Å². The molecule has 0 aliphatic carbocycles. The van der Waals surface area contributed by atoms with Crippen molar-refractivity contribution in [1.29, 1.82) is 0 Å². The van der Waals surface area contributed by atoms with Gasteiger partial charge in [-0.1, -0.05) is 43.2 Å². The van der Waals surface area contributed by atoms with Gasteiger partial charge in [0.05, 0.1) is 12.6 Å². The molecule has 2 aliphatic heterocycles. The molecular weight excluding hydrogens is 298 g/mol. The van der Waals surface area contributed by atoms with Gasteiger partial charge in [-0.2, -0.15) is 0 Å². The summed E-state index contributed by atoms with van der Waals surface area (Å²) in [5.74, 6) is 0.169. The zero-order chi connectivity index (χ0) is 16.6. The van der Waals surface area contributed by atoms with E-state index in [1.165, 1.54) is 44.1 Å². The number of nitrogens with zero attached hydrogens (tertiary/aromatic N) is 2. The Labute approximate surface area is 146 Å². The van der Waals surface area contributed by atoms with Crippen LogP contribution in [0.15, 0.2) is 30.3 Å². The predicted molar refractivity (Wildman–Crippen MR) is 97.9 cm³/mol. The van der Waals surface area contributed by atoms with Crippen LogP contribution in [0.1, 0.15) is 50.1 Å². The first-order valence-corrected chi connectivity index (χ1v) is 9.60. The number of likely N-dealkylation sites (tertiary alicyclic amines) is 2. The average molecular weight is 329 g/mol. The number of carbonyl (C=O) groups is 1. The van der Waals surface area contributed by atoms with Crippen LogP contribution in [0, 0.1) is 0 Å². The van der Waals surface area contributed by atoms with Crippen LogP contribution >= 0.6 is 0 Å². The second-order valence-corrected chi connectivity index (χ2v) is 7.23. The van der Waals surface area contributed by atoms with Gasteiger partial charge >= 0.3 is 0 Å². The fourth-order valence-electron chi connectivity index (χ4n) is 3.88. The number of hydrogen-bond acceptors (Lipinski definition) is 3. The minimum absolute atomic E-state index is 0.0987. The summed E-state index contributed by atoms with van der Waals surface area (Å²) in [5, 5.41) is 3.31. The molecule has 2 saturated heterocycles. The highest BCUT2D eigenvalue weighted by Gasteiger charge is 2.21. The Kier molecular flexibility index (Phi) is 6.67. The van der Waals surface area contributed by atoms with Gasteiger partial charge in [-0.05, 0) is 57.4 Å². The molecule has 4 nitrogen and oxygen atoms in total. The fourth-order valence-corrected chi connectivity index (χ4v) is 3.88. The van der Waals surface area contributed by atoms with Crippen LogP contribution in [0.3, 0.4) is 0 Å². The molecule has 0 unspecified atom stereocenters. The Bertz CT molecular complexity index is 493. The van der Waals surface area contributed by atoms with Gasteiger partial charge in [-0.3, -0.25) is 9.69 Å². The Morgan fingerprint density at radius 2 is 1.46 bits per heavy atom. The van der Waals surface area contributed by atoms with E-state index in [-0.39, 0.29) is 11.9 Å². The molecule has 0 aromatic heterocycles. The minimum atomic E-state index is 0.0987. The number of carbonyl (C=O) groups excluding carboxylic acids is 1. The highest BCUT2D eigenvalue weighted by Crippen LogP contribution is 2.18. The maximum Gasteiger partial charge on any atom is 0.234 e. The Morgan fingerprint density at radius 1 is 0.875 bits per heavy atom. The van der Waals surface area contributed by atoms with Gasteiger partial charge in [-0.25, -0.2) is 0 Å². The zero-order valence-corrected chi connectivity index (χ0v) is 14.8. The summed E-state index contributed by atoms with van der Waals surface area (Å²) in [6.07, 6.45) is 7.66. The van der Waals surface area contributed by atoms with E-state index in [1.54, 1.807) is 0 Å². The first kappa shape index (κ1) is 17.4. The summed E-state index contributed by atoms with van der Waals surface area (Å²) in [7, 11) is 0. The number of piperidine rings is 2. The summed E-state index contributed by atoms with van der Waals surface area (Å²) in [5.41, 5.74) is 1.22. The molecule has 0 bridgehead atoms. The largest absolute Gasteiger partial charge is 0.347 e. The Hall–Kier alpha value is -1.39. The van der Waals surface area contributed by atoms with Gasteiger partial charge in [-0.15, -0.1) is 0 Å². The molecule has 0 saturated carbocycles. The molecular formula is C20H31N3O.